The van der Waals surface area contributed by atoms with Gasteiger partial charge in [-0.05, 0) is 80.1 Å². The molecule has 23 heavy (non-hydrogen) atoms. The van der Waals surface area contributed by atoms with Crippen LogP contribution >= 0.6 is 11.3 Å². The predicted octanol–water partition coefficient (Wildman–Crippen LogP) is 3.96. The number of hydrogen-bond acceptors (Lipinski definition) is 3. The first kappa shape index (κ1) is 16.7. The minimum absolute atomic E-state index is 0.208. The second kappa shape index (κ2) is 7.16. The van der Waals surface area contributed by atoms with Crippen molar-refractivity contribution in [3.8, 4) is 0 Å². The van der Waals surface area contributed by atoms with Gasteiger partial charge in [0.2, 0.25) is 0 Å². The van der Waals surface area contributed by atoms with Crippen LogP contribution in [0.4, 0.5) is 0 Å². The maximum Gasteiger partial charge on any atom is 0.0276 e. The molecule has 1 aromatic carbocycles. The van der Waals surface area contributed by atoms with Gasteiger partial charge in [0.05, 0.1) is 0 Å². The quantitative estimate of drug-likeness (QED) is 0.900. The number of benzene rings is 1. The summed E-state index contributed by atoms with van der Waals surface area (Å²) in [5.74, 6) is 0.607. The molecule has 1 fully saturated rings. The molecule has 1 aromatic heterocycles. The standard InChI is InChI=1S/C20H28N2S/c1-22(2)20(14-16-6-4-3-5-7-16)10-8-19(21)13-18(20)12-17-9-11-23-15-17/h3-7,9,11,15,18-19H,8,10,12-14,21H2,1-2H3. The molecule has 2 nitrogen and oxygen atoms in total. The average molecular weight is 329 g/mol. The molecule has 0 spiro atoms. The molecule has 3 rings (SSSR count). The van der Waals surface area contributed by atoms with Crippen LogP contribution < -0.4 is 5.73 Å². The van der Waals surface area contributed by atoms with Gasteiger partial charge >= 0.3 is 0 Å². The number of likely N-dealkylation sites (N-methyl/N-ethyl adjacent to an activating group) is 1. The van der Waals surface area contributed by atoms with Crippen LogP contribution in [0, 0.1) is 5.92 Å². The van der Waals surface area contributed by atoms with Gasteiger partial charge in [-0.1, -0.05) is 30.3 Å². The number of rotatable bonds is 5. The molecule has 1 aliphatic carbocycles. The second-order valence-corrected chi connectivity index (χ2v) is 8.01. The summed E-state index contributed by atoms with van der Waals surface area (Å²) < 4.78 is 0. The lowest BCUT2D eigenvalue weighted by atomic mass is 9.65. The molecule has 0 aliphatic heterocycles. The fourth-order valence-electron chi connectivity index (χ4n) is 4.24. The molecule has 3 unspecified atom stereocenters. The summed E-state index contributed by atoms with van der Waals surface area (Å²) >= 11 is 1.80. The molecule has 0 saturated heterocycles. The Morgan fingerprint density at radius 1 is 1.17 bits per heavy atom. The maximum atomic E-state index is 6.35. The molecule has 3 heteroatoms. The van der Waals surface area contributed by atoms with E-state index in [1.165, 1.54) is 17.5 Å². The van der Waals surface area contributed by atoms with E-state index in [9.17, 15) is 0 Å². The van der Waals surface area contributed by atoms with E-state index in [1.54, 1.807) is 11.3 Å². The summed E-state index contributed by atoms with van der Waals surface area (Å²) in [6.45, 7) is 0. The van der Waals surface area contributed by atoms with Crippen molar-refractivity contribution in [2.75, 3.05) is 14.1 Å². The van der Waals surface area contributed by atoms with Gasteiger partial charge in [0.15, 0.2) is 0 Å². The van der Waals surface area contributed by atoms with E-state index in [2.05, 4.69) is 66.2 Å². The van der Waals surface area contributed by atoms with Gasteiger partial charge < -0.3 is 10.6 Å². The first-order valence-electron chi connectivity index (χ1n) is 8.58. The molecular formula is C20H28N2S. The zero-order valence-corrected chi connectivity index (χ0v) is 15.1. The number of hydrogen-bond donors (Lipinski definition) is 1. The Bertz CT molecular complexity index is 593. The van der Waals surface area contributed by atoms with Gasteiger partial charge in [0.1, 0.15) is 0 Å². The summed E-state index contributed by atoms with van der Waals surface area (Å²) in [5, 5.41) is 4.48. The maximum absolute atomic E-state index is 6.35. The molecule has 0 radical (unpaired) electrons. The third-order valence-corrected chi connectivity index (χ3v) is 6.33. The molecule has 1 saturated carbocycles. The Labute approximate surface area is 144 Å². The van der Waals surface area contributed by atoms with Gasteiger partial charge in [-0.15, -0.1) is 0 Å². The number of nitrogens with two attached hydrogens (primary N) is 1. The van der Waals surface area contributed by atoms with E-state index in [1.807, 2.05) is 0 Å². The first-order chi connectivity index (χ1) is 11.1. The first-order valence-corrected chi connectivity index (χ1v) is 9.52. The van der Waals surface area contributed by atoms with Crippen molar-refractivity contribution in [1.82, 2.24) is 4.90 Å². The van der Waals surface area contributed by atoms with Gasteiger partial charge in [0.25, 0.3) is 0 Å². The van der Waals surface area contributed by atoms with Crippen molar-refractivity contribution < 1.29 is 0 Å². The van der Waals surface area contributed by atoms with Crippen molar-refractivity contribution in [2.24, 2.45) is 11.7 Å². The summed E-state index contributed by atoms with van der Waals surface area (Å²) in [6, 6.07) is 13.6. The highest BCUT2D eigenvalue weighted by Crippen LogP contribution is 2.41. The summed E-state index contributed by atoms with van der Waals surface area (Å²) in [5.41, 5.74) is 9.46. The van der Waals surface area contributed by atoms with Gasteiger partial charge in [-0.3, -0.25) is 0 Å². The largest absolute Gasteiger partial charge is 0.328 e. The average Bonchev–Trinajstić information content (AvgIpc) is 3.04. The molecule has 0 amide bonds. The Balaban J connectivity index is 1.90. The van der Waals surface area contributed by atoms with Gasteiger partial charge in [-0.2, -0.15) is 11.3 Å². The molecule has 3 atom stereocenters. The lowest BCUT2D eigenvalue weighted by molar-refractivity contribution is 0.0302. The van der Waals surface area contributed by atoms with E-state index >= 15 is 0 Å². The highest BCUT2D eigenvalue weighted by molar-refractivity contribution is 7.07. The van der Waals surface area contributed by atoms with E-state index < -0.39 is 0 Å². The van der Waals surface area contributed by atoms with Gasteiger partial charge in [-0.25, -0.2) is 0 Å². The topological polar surface area (TPSA) is 29.3 Å². The molecule has 124 valence electrons. The Hall–Kier alpha value is -1.16. The monoisotopic (exact) mass is 328 g/mol. The summed E-state index contributed by atoms with van der Waals surface area (Å²) in [7, 11) is 4.50. The third kappa shape index (κ3) is 3.68. The van der Waals surface area contributed by atoms with Crippen molar-refractivity contribution in [2.45, 2.75) is 43.7 Å². The Morgan fingerprint density at radius 2 is 1.96 bits per heavy atom. The Morgan fingerprint density at radius 3 is 2.61 bits per heavy atom. The van der Waals surface area contributed by atoms with E-state index in [-0.39, 0.29) is 5.54 Å². The zero-order chi connectivity index (χ0) is 16.3. The molecule has 1 heterocycles. The van der Waals surface area contributed by atoms with Crippen LogP contribution in [0.2, 0.25) is 0 Å². The van der Waals surface area contributed by atoms with Crippen LogP contribution in [-0.4, -0.2) is 30.6 Å². The SMILES string of the molecule is CN(C)C1(Cc2ccccc2)CCC(N)CC1Cc1ccsc1. The van der Waals surface area contributed by atoms with E-state index in [0.29, 0.717) is 12.0 Å². The Kier molecular flexibility index (Phi) is 5.20. The van der Waals surface area contributed by atoms with Crippen LogP contribution in [-0.2, 0) is 12.8 Å². The number of thiophene rings is 1. The second-order valence-electron chi connectivity index (χ2n) is 7.23. The van der Waals surface area contributed by atoms with Crippen molar-refractivity contribution in [1.29, 1.82) is 0 Å². The smallest absolute Gasteiger partial charge is 0.0276 e. The predicted molar refractivity (Wildman–Crippen MR) is 99.9 cm³/mol. The van der Waals surface area contributed by atoms with Gasteiger partial charge in [0, 0.05) is 11.6 Å². The summed E-state index contributed by atoms with van der Waals surface area (Å²) in [6.07, 6.45) is 5.70. The summed E-state index contributed by atoms with van der Waals surface area (Å²) in [4.78, 5) is 2.48. The minimum atomic E-state index is 0.208. The van der Waals surface area contributed by atoms with Crippen LogP contribution in [0.15, 0.2) is 47.2 Å². The van der Waals surface area contributed by atoms with E-state index in [4.69, 9.17) is 5.73 Å². The van der Waals surface area contributed by atoms with Crippen LogP contribution in [0.1, 0.15) is 30.4 Å². The number of nitrogens with zero attached hydrogens (tertiary/aromatic N) is 1. The van der Waals surface area contributed by atoms with Crippen molar-refractivity contribution >= 4 is 11.3 Å². The lowest BCUT2D eigenvalue weighted by Gasteiger charge is -2.51. The fraction of sp³-hybridized carbons (Fsp3) is 0.500. The highest BCUT2D eigenvalue weighted by atomic mass is 32.1. The molecule has 0 bridgehead atoms. The minimum Gasteiger partial charge on any atom is -0.328 e. The molecule has 1 aliphatic rings. The third-order valence-electron chi connectivity index (χ3n) is 5.60. The van der Waals surface area contributed by atoms with Crippen molar-refractivity contribution in [3.63, 3.8) is 0 Å². The van der Waals surface area contributed by atoms with Crippen LogP contribution in [0.5, 0.6) is 0 Å². The lowest BCUT2D eigenvalue weighted by Crippen LogP contribution is -2.57. The van der Waals surface area contributed by atoms with Crippen LogP contribution in [0.3, 0.4) is 0 Å². The van der Waals surface area contributed by atoms with Crippen molar-refractivity contribution in [3.05, 3.63) is 58.3 Å². The molecule has 2 N–H and O–H groups in total. The highest BCUT2D eigenvalue weighted by Gasteiger charge is 2.44. The normalized spacial score (nSPS) is 28.2. The fourth-order valence-corrected chi connectivity index (χ4v) is 4.92. The zero-order valence-electron chi connectivity index (χ0n) is 14.2. The van der Waals surface area contributed by atoms with E-state index in [0.717, 1.165) is 25.7 Å². The van der Waals surface area contributed by atoms with Crippen LogP contribution in [0.25, 0.3) is 0 Å². The molecular weight excluding hydrogens is 300 g/mol. The molecule has 2 aromatic rings.